The van der Waals surface area contributed by atoms with Gasteiger partial charge in [-0.2, -0.15) is 0 Å². The van der Waals surface area contributed by atoms with Gasteiger partial charge in [0.2, 0.25) is 0 Å². The molecule has 0 aromatic heterocycles. The highest BCUT2D eigenvalue weighted by Crippen LogP contribution is 2.43. The summed E-state index contributed by atoms with van der Waals surface area (Å²) < 4.78 is 55.7. The van der Waals surface area contributed by atoms with Crippen LogP contribution in [0.15, 0.2) is 30.3 Å². The molecule has 0 N–H and O–H groups in total. The standard InChI is InChI=1S/C30H40F4O/c1-2-3-4-5-21-8-13-24(14-9-21)25-15-10-22(11-16-25)6-7-23-12-18-27-26(20-23)17-19-28(29(27)31)35-30(32,33)34/h12,17-22,24-25H,2-11,13-16H2,1H3/t21-,22-,24-,25-. The molecule has 1 nitrogen and oxygen atoms in total. The van der Waals surface area contributed by atoms with E-state index in [1.165, 1.54) is 83.1 Å². The van der Waals surface area contributed by atoms with Gasteiger partial charge in [-0.05, 0) is 79.2 Å². The SMILES string of the molecule is CCCCC[C@H]1CC[C@H]([C@H]2CC[C@H](CCc3ccc4c(F)c(OC(F)(F)F)ccc4c3)CC2)CC1. The second kappa shape index (κ2) is 12.0. The van der Waals surface area contributed by atoms with E-state index in [0.29, 0.717) is 5.39 Å². The Kier molecular flexibility index (Phi) is 8.99. The summed E-state index contributed by atoms with van der Waals surface area (Å²) in [6.45, 7) is 2.28. The van der Waals surface area contributed by atoms with E-state index < -0.39 is 17.9 Å². The molecule has 35 heavy (non-hydrogen) atoms. The highest BCUT2D eigenvalue weighted by molar-refractivity contribution is 5.85. The van der Waals surface area contributed by atoms with Crippen LogP contribution in [0.2, 0.25) is 0 Å². The van der Waals surface area contributed by atoms with Gasteiger partial charge >= 0.3 is 6.36 Å². The van der Waals surface area contributed by atoms with E-state index in [1.807, 2.05) is 12.1 Å². The molecule has 0 atom stereocenters. The van der Waals surface area contributed by atoms with E-state index >= 15 is 0 Å². The van der Waals surface area contributed by atoms with Crippen molar-refractivity contribution < 1.29 is 22.3 Å². The first-order chi connectivity index (χ1) is 16.8. The van der Waals surface area contributed by atoms with Crippen LogP contribution in [0.4, 0.5) is 17.6 Å². The topological polar surface area (TPSA) is 9.23 Å². The van der Waals surface area contributed by atoms with Gasteiger partial charge in [0.05, 0.1) is 0 Å². The molecule has 2 aromatic rings. The Bertz CT molecular complexity index is 937. The molecule has 0 radical (unpaired) electrons. The first-order valence-electron chi connectivity index (χ1n) is 13.8. The molecule has 2 saturated carbocycles. The average molecular weight is 493 g/mol. The number of fused-ring (bicyclic) bond motifs is 1. The van der Waals surface area contributed by atoms with E-state index in [9.17, 15) is 17.6 Å². The van der Waals surface area contributed by atoms with Crippen molar-refractivity contribution in [1.29, 1.82) is 0 Å². The van der Waals surface area contributed by atoms with Gasteiger partial charge in [-0.25, -0.2) is 4.39 Å². The molecule has 4 rings (SSSR count). The van der Waals surface area contributed by atoms with Gasteiger partial charge in [-0.1, -0.05) is 82.6 Å². The lowest BCUT2D eigenvalue weighted by Gasteiger charge is -2.38. The van der Waals surface area contributed by atoms with Crippen LogP contribution < -0.4 is 4.74 Å². The zero-order valence-corrected chi connectivity index (χ0v) is 21.0. The van der Waals surface area contributed by atoms with E-state index in [2.05, 4.69) is 11.7 Å². The van der Waals surface area contributed by atoms with E-state index in [1.54, 1.807) is 6.07 Å². The summed E-state index contributed by atoms with van der Waals surface area (Å²) in [5.41, 5.74) is 1.12. The van der Waals surface area contributed by atoms with E-state index in [0.717, 1.165) is 48.1 Å². The van der Waals surface area contributed by atoms with Crippen LogP contribution in [-0.4, -0.2) is 6.36 Å². The van der Waals surface area contributed by atoms with Gasteiger partial charge in [-0.3, -0.25) is 0 Å². The summed E-state index contributed by atoms with van der Waals surface area (Å²) in [5, 5.41) is 0.777. The minimum atomic E-state index is -4.90. The maximum Gasteiger partial charge on any atom is 0.573 e. The number of unbranched alkanes of at least 4 members (excludes halogenated alkanes) is 2. The number of halogens is 4. The number of benzene rings is 2. The third kappa shape index (κ3) is 7.36. The first-order valence-corrected chi connectivity index (χ1v) is 13.8. The van der Waals surface area contributed by atoms with E-state index in [4.69, 9.17) is 0 Å². The van der Waals surface area contributed by atoms with Gasteiger partial charge in [0.25, 0.3) is 0 Å². The maximum atomic E-state index is 14.5. The number of rotatable bonds is 9. The number of alkyl halides is 3. The van der Waals surface area contributed by atoms with Crippen LogP contribution in [0.3, 0.4) is 0 Å². The summed E-state index contributed by atoms with van der Waals surface area (Å²) in [7, 11) is 0. The van der Waals surface area contributed by atoms with Crippen LogP contribution in [0, 0.1) is 29.5 Å². The van der Waals surface area contributed by atoms with Crippen molar-refractivity contribution in [3.8, 4) is 5.75 Å². The number of aryl methyl sites for hydroxylation is 1. The van der Waals surface area contributed by atoms with Gasteiger partial charge < -0.3 is 4.74 Å². The summed E-state index contributed by atoms with van der Waals surface area (Å²) in [5.74, 6) is 1.85. The quantitative estimate of drug-likeness (QED) is 0.250. The summed E-state index contributed by atoms with van der Waals surface area (Å²) in [4.78, 5) is 0. The normalized spacial score (nSPS) is 25.6. The van der Waals surface area contributed by atoms with Crippen molar-refractivity contribution in [1.82, 2.24) is 0 Å². The highest BCUT2D eigenvalue weighted by atomic mass is 19.4. The molecule has 0 bridgehead atoms. The Morgan fingerprint density at radius 2 is 1.43 bits per heavy atom. The van der Waals surface area contributed by atoms with E-state index in [-0.39, 0.29) is 5.39 Å². The third-order valence-electron chi connectivity index (χ3n) is 8.72. The second-order valence-electron chi connectivity index (χ2n) is 11.1. The average Bonchev–Trinajstić information content (AvgIpc) is 2.85. The van der Waals surface area contributed by atoms with Crippen molar-refractivity contribution in [3.05, 3.63) is 41.7 Å². The molecule has 5 heteroatoms. The molecule has 0 heterocycles. The van der Waals surface area contributed by atoms with Crippen LogP contribution in [0.1, 0.15) is 96.0 Å². The fourth-order valence-corrected chi connectivity index (χ4v) is 6.63. The lowest BCUT2D eigenvalue weighted by atomic mass is 9.68. The predicted octanol–water partition coefficient (Wildman–Crippen LogP) is 10.0. The fourth-order valence-electron chi connectivity index (χ4n) is 6.63. The Morgan fingerprint density at radius 1 is 0.800 bits per heavy atom. The molecule has 2 aliphatic rings. The minimum Gasteiger partial charge on any atom is -0.403 e. The zero-order valence-electron chi connectivity index (χ0n) is 21.0. The molecule has 2 fully saturated rings. The predicted molar refractivity (Wildman–Crippen MR) is 134 cm³/mol. The summed E-state index contributed by atoms with van der Waals surface area (Å²) in [6, 6.07) is 7.90. The lowest BCUT2D eigenvalue weighted by molar-refractivity contribution is -0.275. The summed E-state index contributed by atoms with van der Waals surface area (Å²) >= 11 is 0. The molecule has 2 aromatic carbocycles. The minimum absolute atomic E-state index is 0.163. The molecule has 2 aliphatic carbocycles. The maximum absolute atomic E-state index is 14.5. The number of hydrogen-bond acceptors (Lipinski definition) is 1. The van der Waals surface area contributed by atoms with Crippen molar-refractivity contribution in [2.75, 3.05) is 0 Å². The molecular weight excluding hydrogens is 452 g/mol. The number of hydrogen-bond donors (Lipinski definition) is 0. The fraction of sp³-hybridized carbons (Fsp3) is 0.667. The Labute approximate surface area is 207 Å². The number of ether oxygens (including phenoxy) is 1. The van der Waals surface area contributed by atoms with Gasteiger partial charge in [0, 0.05) is 5.39 Å². The molecule has 0 unspecified atom stereocenters. The van der Waals surface area contributed by atoms with Crippen molar-refractivity contribution in [3.63, 3.8) is 0 Å². The molecule has 194 valence electrons. The molecule has 0 saturated heterocycles. The third-order valence-corrected chi connectivity index (χ3v) is 8.72. The van der Waals surface area contributed by atoms with Crippen LogP contribution in [0.5, 0.6) is 5.75 Å². The summed E-state index contributed by atoms with van der Waals surface area (Å²) in [6.07, 6.45) is 13.8. The van der Waals surface area contributed by atoms with Gasteiger partial charge in [0.15, 0.2) is 11.6 Å². The highest BCUT2D eigenvalue weighted by Gasteiger charge is 2.33. The van der Waals surface area contributed by atoms with Crippen molar-refractivity contribution in [2.24, 2.45) is 23.7 Å². The van der Waals surface area contributed by atoms with Crippen LogP contribution in [-0.2, 0) is 6.42 Å². The Balaban J connectivity index is 1.22. The van der Waals surface area contributed by atoms with Crippen molar-refractivity contribution >= 4 is 10.8 Å². The van der Waals surface area contributed by atoms with Gasteiger partial charge in [0.1, 0.15) is 0 Å². The first kappa shape index (κ1) is 26.3. The van der Waals surface area contributed by atoms with Crippen LogP contribution >= 0.6 is 0 Å². The molecular formula is C30H40F4O. The van der Waals surface area contributed by atoms with Crippen LogP contribution in [0.25, 0.3) is 10.8 Å². The molecule has 0 aliphatic heterocycles. The zero-order chi connectivity index (χ0) is 24.8. The van der Waals surface area contributed by atoms with Gasteiger partial charge in [-0.15, -0.1) is 13.2 Å². The Morgan fingerprint density at radius 3 is 2.03 bits per heavy atom. The molecule has 0 amide bonds. The monoisotopic (exact) mass is 492 g/mol. The Hall–Kier alpha value is -1.78. The lowest BCUT2D eigenvalue weighted by Crippen LogP contribution is -2.26. The molecule has 0 spiro atoms. The second-order valence-corrected chi connectivity index (χ2v) is 11.1. The van der Waals surface area contributed by atoms with Crippen molar-refractivity contribution in [2.45, 2.75) is 103 Å². The largest absolute Gasteiger partial charge is 0.573 e. The smallest absolute Gasteiger partial charge is 0.403 e.